The Morgan fingerprint density at radius 1 is 0.833 bits per heavy atom. The second-order valence-electron chi connectivity index (χ2n) is 8.38. The average Bonchev–Trinajstić information content (AvgIpc) is 2.82. The van der Waals surface area contributed by atoms with Gasteiger partial charge in [-0.3, -0.25) is 0 Å². The van der Waals surface area contributed by atoms with Gasteiger partial charge < -0.3 is 4.90 Å². The molecule has 0 radical (unpaired) electrons. The first-order valence-corrected chi connectivity index (χ1v) is 11.1. The summed E-state index contributed by atoms with van der Waals surface area (Å²) < 4.78 is 0. The molecule has 1 unspecified atom stereocenters. The quantitative estimate of drug-likeness (QED) is 0.503. The van der Waals surface area contributed by atoms with Crippen molar-refractivity contribution in [2.24, 2.45) is 5.92 Å². The summed E-state index contributed by atoms with van der Waals surface area (Å²) >= 11 is 0. The van der Waals surface area contributed by atoms with E-state index in [4.69, 9.17) is 0 Å². The maximum atomic E-state index is 10.6. The van der Waals surface area contributed by atoms with Gasteiger partial charge >= 0.3 is 0 Å². The van der Waals surface area contributed by atoms with Gasteiger partial charge in [0.25, 0.3) is 0 Å². The molecular formula is C28H30N2. The standard InChI is InChI=1S/C28H30N2/c29-23-28(25-15-6-2-7-16-25,26-17-8-3-9-18-26)27-19-11-21-30(22-27)20-10-14-24-12-4-1-5-13-24/h1-9,12-13,15-18,27H,10-11,14,19-22H2. The van der Waals surface area contributed by atoms with Crippen molar-refractivity contribution >= 4 is 0 Å². The molecule has 0 saturated carbocycles. The van der Waals surface area contributed by atoms with E-state index in [9.17, 15) is 5.26 Å². The molecule has 2 nitrogen and oxygen atoms in total. The van der Waals surface area contributed by atoms with Crippen LogP contribution in [0.1, 0.15) is 36.0 Å². The van der Waals surface area contributed by atoms with Crippen LogP contribution in [-0.4, -0.2) is 24.5 Å². The SMILES string of the molecule is N#CC(c1ccccc1)(c1ccccc1)C1CCCN(CCCc2ccccc2)C1. The Balaban J connectivity index is 1.54. The molecule has 0 aromatic heterocycles. The summed E-state index contributed by atoms with van der Waals surface area (Å²) in [4.78, 5) is 2.58. The van der Waals surface area contributed by atoms with Gasteiger partial charge in [-0.15, -0.1) is 0 Å². The normalized spacial score (nSPS) is 17.4. The van der Waals surface area contributed by atoms with Crippen LogP contribution in [0.2, 0.25) is 0 Å². The third-order valence-electron chi connectivity index (χ3n) is 6.54. The Hall–Kier alpha value is -2.89. The van der Waals surface area contributed by atoms with E-state index in [0.29, 0.717) is 0 Å². The van der Waals surface area contributed by atoms with Crippen LogP contribution in [0.3, 0.4) is 0 Å². The second-order valence-corrected chi connectivity index (χ2v) is 8.38. The Kier molecular flexibility index (Phi) is 6.62. The van der Waals surface area contributed by atoms with Crippen molar-refractivity contribution in [2.75, 3.05) is 19.6 Å². The van der Waals surface area contributed by atoms with E-state index in [1.807, 2.05) is 12.1 Å². The van der Waals surface area contributed by atoms with Gasteiger partial charge in [-0.2, -0.15) is 5.26 Å². The first-order chi connectivity index (χ1) is 14.8. The van der Waals surface area contributed by atoms with Crippen molar-refractivity contribution in [3.63, 3.8) is 0 Å². The molecule has 0 spiro atoms. The molecule has 3 aromatic rings. The Labute approximate surface area is 180 Å². The van der Waals surface area contributed by atoms with Gasteiger partial charge in [0.2, 0.25) is 0 Å². The highest BCUT2D eigenvalue weighted by Gasteiger charge is 2.44. The van der Waals surface area contributed by atoms with E-state index in [0.717, 1.165) is 56.4 Å². The number of hydrogen-bond donors (Lipinski definition) is 0. The molecule has 1 heterocycles. The Bertz CT molecular complexity index is 905. The van der Waals surface area contributed by atoms with Crippen LogP contribution in [0.5, 0.6) is 0 Å². The van der Waals surface area contributed by atoms with Crippen LogP contribution in [0.25, 0.3) is 0 Å². The van der Waals surface area contributed by atoms with Crippen molar-refractivity contribution in [1.82, 2.24) is 4.90 Å². The van der Waals surface area contributed by atoms with Crippen molar-refractivity contribution in [3.05, 3.63) is 108 Å². The van der Waals surface area contributed by atoms with E-state index in [2.05, 4.69) is 89.8 Å². The van der Waals surface area contributed by atoms with E-state index >= 15 is 0 Å². The maximum Gasteiger partial charge on any atom is 0.111 e. The van der Waals surface area contributed by atoms with Crippen LogP contribution >= 0.6 is 0 Å². The third-order valence-corrected chi connectivity index (χ3v) is 6.54. The summed E-state index contributed by atoms with van der Waals surface area (Å²) in [6.45, 7) is 3.21. The summed E-state index contributed by atoms with van der Waals surface area (Å²) in [7, 11) is 0. The summed E-state index contributed by atoms with van der Waals surface area (Å²) in [6, 6.07) is 34.4. The fourth-order valence-electron chi connectivity index (χ4n) is 5.02. The summed E-state index contributed by atoms with van der Waals surface area (Å²) in [5, 5.41) is 10.6. The lowest BCUT2D eigenvalue weighted by molar-refractivity contribution is 0.146. The molecular weight excluding hydrogens is 364 g/mol. The highest BCUT2D eigenvalue weighted by atomic mass is 15.1. The molecule has 3 aromatic carbocycles. The molecule has 1 atom stereocenters. The number of nitriles is 1. The lowest BCUT2D eigenvalue weighted by atomic mass is 9.64. The van der Waals surface area contributed by atoms with Gasteiger partial charge in [-0.05, 0) is 61.4 Å². The van der Waals surface area contributed by atoms with Crippen LogP contribution in [0.4, 0.5) is 0 Å². The number of benzene rings is 3. The lowest BCUT2D eigenvalue weighted by Gasteiger charge is -2.42. The molecule has 4 rings (SSSR count). The molecule has 1 aliphatic heterocycles. The first kappa shape index (κ1) is 20.4. The molecule has 1 saturated heterocycles. The molecule has 2 heteroatoms. The first-order valence-electron chi connectivity index (χ1n) is 11.1. The minimum absolute atomic E-state index is 0.290. The van der Waals surface area contributed by atoms with Crippen LogP contribution in [-0.2, 0) is 11.8 Å². The number of rotatable bonds is 7. The van der Waals surface area contributed by atoms with Crippen molar-refractivity contribution in [3.8, 4) is 6.07 Å². The van der Waals surface area contributed by atoms with E-state index < -0.39 is 5.41 Å². The fourth-order valence-corrected chi connectivity index (χ4v) is 5.02. The smallest absolute Gasteiger partial charge is 0.111 e. The number of piperidine rings is 1. The monoisotopic (exact) mass is 394 g/mol. The fraction of sp³-hybridized carbons (Fsp3) is 0.321. The van der Waals surface area contributed by atoms with Gasteiger partial charge in [-0.25, -0.2) is 0 Å². The number of hydrogen-bond acceptors (Lipinski definition) is 2. The van der Waals surface area contributed by atoms with Gasteiger partial charge in [0.05, 0.1) is 6.07 Å². The molecule has 1 aliphatic rings. The van der Waals surface area contributed by atoms with Gasteiger partial charge in [0.1, 0.15) is 5.41 Å². The zero-order chi connectivity index (χ0) is 20.7. The largest absolute Gasteiger partial charge is 0.303 e. The Morgan fingerprint density at radius 3 is 1.97 bits per heavy atom. The summed E-state index contributed by atoms with van der Waals surface area (Å²) in [5.74, 6) is 0.290. The minimum atomic E-state index is -0.597. The average molecular weight is 395 g/mol. The van der Waals surface area contributed by atoms with Crippen LogP contribution < -0.4 is 0 Å². The molecule has 30 heavy (non-hydrogen) atoms. The van der Waals surface area contributed by atoms with Gasteiger partial charge in [0, 0.05) is 6.54 Å². The predicted molar refractivity (Wildman–Crippen MR) is 123 cm³/mol. The molecule has 0 N–H and O–H groups in total. The topological polar surface area (TPSA) is 27.0 Å². The van der Waals surface area contributed by atoms with E-state index in [-0.39, 0.29) is 5.92 Å². The molecule has 0 bridgehead atoms. The zero-order valence-electron chi connectivity index (χ0n) is 17.6. The number of nitrogens with zero attached hydrogens (tertiary/aromatic N) is 2. The second kappa shape index (κ2) is 9.74. The van der Waals surface area contributed by atoms with E-state index in [1.165, 1.54) is 5.56 Å². The number of likely N-dealkylation sites (tertiary alicyclic amines) is 1. The van der Waals surface area contributed by atoms with Crippen LogP contribution in [0, 0.1) is 17.2 Å². The molecule has 0 aliphatic carbocycles. The van der Waals surface area contributed by atoms with Crippen molar-refractivity contribution < 1.29 is 0 Å². The number of aryl methyl sites for hydroxylation is 1. The highest BCUT2D eigenvalue weighted by molar-refractivity contribution is 5.47. The van der Waals surface area contributed by atoms with E-state index in [1.54, 1.807) is 0 Å². The zero-order valence-corrected chi connectivity index (χ0v) is 17.6. The minimum Gasteiger partial charge on any atom is -0.303 e. The van der Waals surface area contributed by atoms with Gasteiger partial charge in [-0.1, -0.05) is 91.0 Å². The van der Waals surface area contributed by atoms with Crippen molar-refractivity contribution in [1.29, 1.82) is 5.26 Å². The molecule has 152 valence electrons. The summed E-state index contributed by atoms with van der Waals surface area (Å²) in [6.07, 6.45) is 4.52. The van der Waals surface area contributed by atoms with Crippen LogP contribution in [0.15, 0.2) is 91.0 Å². The predicted octanol–water partition coefficient (Wildman–Crippen LogP) is 5.84. The highest BCUT2D eigenvalue weighted by Crippen LogP contribution is 2.42. The third kappa shape index (κ3) is 4.32. The molecule has 0 amide bonds. The van der Waals surface area contributed by atoms with Gasteiger partial charge in [0.15, 0.2) is 0 Å². The lowest BCUT2D eigenvalue weighted by Crippen LogP contribution is -2.46. The summed E-state index contributed by atoms with van der Waals surface area (Å²) in [5.41, 5.74) is 3.05. The Morgan fingerprint density at radius 2 is 1.40 bits per heavy atom. The molecule has 1 fully saturated rings. The maximum absolute atomic E-state index is 10.6. The van der Waals surface area contributed by atoms with Crippen molar-refractivity contribution in [2.45, 2.75) is 31.1 Å².